The Kier molecular flexibility index (Phi) is 3.25. The first-order chi connectivity index (χ1) is 9.52. The maximum absolute atomic E-state index is 12.9. The molecule has 104 valence electrons. The maximum atomic E-state index is 12.9. The zero-order chi connectivity index (χ0) is 14.2. The number of benzene rings is 2. The van der Waals surface area contributed by atoms with Crippen molar-refractivity contribution in [3.8, 4) is 11.5 Å². The third-order valence-corrected chi connectivity index (χ3v) is 3.34. The lowest BCUT2D eigenvalue weighted by Gasteiger charge is -2.07. The summed E-state index contributed by atoms with van der Waals surface area (Å²) >= 11 is 3.36. The van der Waals surface area contributed by atoms with Gasteiger partial charge in [0.05, 0.1) is 0 Å². The minimum Gasteiger partial charge on any atom is -0.395 e. The van der Waals surface area contributed by atoms with Crippen molar-refractivity contribution in [2.75, 3.05) is 5.32 Å². The van der Waals surface area contributed by atoms with Crippen molar-refractivity contribution in [2.45, 2.75) is 12.8 Å². The monoisotopic (exact) mass is 341 g/mol. The minimum atomic E-state index is -3.58. The summed E-state index contributed by atoms with van der Waals surface area (Å²) in [7, 11) is 0. The Balaban J connectivity index is 1.69. The maximum Gasteiger partial charge on any atom is 0.586 e. The highest BCUT2D eigenvalue weighted by atomic mass is 79.9. The second-order valence-corrected chi connectivity index (χ2v) is 5.22. The number of ether oxygens (including phenoxy) is 2. The van der Waals surface area contributed by atoms with Gasteiger partial charge in [-0.1, -0.05) is 28.1 Å². The second kappa shape index (κ2) is 4.94. The molecular weight excluding hydrogens is 332 g/mol. The van der Waals surface area contributed by atoms with Gasteiger partial charge in [-0.2, -0.15) is 0 Å². The summed E-state index contributed by atoms with van der Waals surface area (Å²) in [5, 5.41) is 3.14. The standard InChI is InChI=1S/C14H10BrF2NO2/c15-10-3-1-9(2-4-10)8-18-11-5-6-12-13(7-11)20-14(16,17)19-12/h1-7,18H,8H2. The molecule has 2 aromatic rings. The number of fused-ring (bicyclic) bond motifs is 1. The van der Waals surface area contributed by atoms with Gasteiger partial charge in [0, 0.05) is 22.8 Å². The summed E-state index contributed by atoms with van der Waals surface area (Å²) in [6, 6.07) is 12.4. The van der Waals surface area contributed by atoms with Crippen LogP contribution in [0.5, 0.6) is 11.5 Å². The van der Waals surface area contributed by atoms with Crippen molar-refractivity contribution >= 4 is 21.6 Å². The first-order valence-electron chi connectivity index (χ1n) is 5.90. The van der Waals surface area contributed by atoms with E-state index in [0.29, 0.717) is 12.2 Å². The first kappa shape index (κ1) is 13.2. The van der Waals surface area contributed by atoms with Gasteiger partial charge in [0.15, 0.2) is 11.5 Å². The molecule has 1 N–H and O–H groups in total. The molecule has 0 aromatic heterocycles. The predicted octanol–water partition coefficient (Wildman–Crippen LogP) is 4.38. The number of halogens is 3. The van der Waals surface area contributed by atoms with Crippen LogP contribution in [0, 0.1) is 0 Å². The second-order valence-electron chi connectivity index (χ2n) is 4.31. The summed E-state index contributed by atoms with van der Waals surface area (Å²) in [4.78, 5) is 0. The molecular formula is C14H10BrF2NO2. The van der Waals surface area contributed by atoms with Crippen molar-refractivity contribution in [3.05, 3.63) is 52.5 Å². The Bertz CT molecular complexity index is 632. The van der Waals surface area contributed by atoms with Gasteiger partial charge in [0.25, 0.3) is 0 Å². The number of anilines is 1. The number of hydrogen-bond donors (Lipinski definition) is 1. The van der Waals surface area contributed by atoms with Crippen LogP contribution in [0.3, 0.4) is 0 Å². The van der Waals surface area contributed by atoms with Crippen LogP contribution in [0.4, 0.5) is 14.5 Å². The van der Waals surface area contributed by atoms with Crippen molar-refractivity contribution < 1.29 is 18.3 Å². The smallest absolute Gasteiger partial charge is 0.395 e. The lowest BCUT2D eigenvalue weighted by atomic mass is 10.2. The van der Waals surface area contributed by atoms with Crippen LogP contribution in [0.15, 0.2) is 46.9 Å². The van der Waals surface area contributed by atoms with Crippen LogP contribution in [-0.2, 0) is 6.54 Å². The summed E-state index contributed by atoms with van der Waals surface area (Å²) in [6.45, 7) is 0.587. The molecule has 0 unspecified atom stereocenters. The third-order valence-electron chi connectivity index (χ3n) is 2.81. The average Bonchev–Trinajstić information content (AvgIpc) is 2.71. The Morgan fingerprint density at radius 2 is 1.70 bits per heavy atom. The number of rotatable bonds is 3. The van der Waals surface area contributed by atoms with Crippen molar-refractivity contribution in [1.29, 1.82) is 0 Å². The van der Waals surface area contributed by atoms with Crippen LogP contribution in [0.1, 0.15) is 5.56 Å². The molecule has 1 aliphatic rings. The third kappa shape index (κ3) is 2.85. The zero-order valence-electron chi connectivity index (χ0n) is 10.2. The molecule has 1 aliphatic heterocycles. The SMILES string of the molecule is FC1(F)Oc2ccc(NCc3ccc(Br)cc3)cc2O1. The fraction of sp³-hybridized carbons (Fsp3) is 0.143. The normalized spacial score (nSPS) is 15.2. The fourth-order valence-electron chi connectivity index (χ4n) is 1.87. The Morgan fingerprint density at radius 3 is 2.45 bits per heavy atom. The van der Waals surface area contributed by atoms with E-state index >= 15 is 0 Å². The predicted molar refractivity (Wildman–Crippen MR) is 74.1 cm³/mol. The summed E-state index contributed by atoms with van der Waals surface area (Å²) < 4.78 is 35.5. The van der Waals surface area contributed by atoms with Crippen molar-refractivity contribution in [3.63, 3.8) is 0 Å². The molecule has 0 fully saturated rings. The highest BCUT2D eigenvalue weighted by molar-refractivity contribution is 9.10. The minimum absolute atomic E-state index is 0.0378. The van der Waals surface area contributed by atoms with Gasteiger partial charge in [-0.05, 0) is 29.8 Å². The van der Waals surface area contributed by atoms with E-state index in [2.05, 4.69) is 30.7 Å². The quantitative estimate of drug-likeness (QED) is 0.898. The lowest BCUT2D eigenvalue weighted by molar-refractivity contribution is -0.286. The van der Waals surface area contributed by atoms with E-state index < -0.39 is 6.29 Å². The Morgan fingerprint density at radius 1 is 1.00 bits per heavy atom. The van der Waals surface area contributed by atoms with E-state index in [1.54, 1.807) is 6.07 Å². The largest absolute Gasteiger partial charge is 0.586 e. The highest BCUT2D eigenvalue weighted by Crippen LogP contribution is 2.42. The van der Waals surface area contributed by atoms with E-state index in [-0.39, 0.29) is 11.5 Å². The van der Waals surface area contributed by atoms with Gasteiger partial charge >= 0.3 is 6.29 Å². The zero-order valence-corrected chi connectivity index (χ0v) is 11.8. The highest BCUT2D eigenvalue weighted by Gasteiger charge is 2.43. The average molecular weight is 342 g/mol. The molecule has 0 aliphatic carbocycles. The lowest BCUT2D eigenvalue weighted by Crippen LogP contribution is -2.25. The molecule has 0 amide bonds. The van der Waals surface area contributed by atoms with Crippen LogP contribution in [0.25, 0.3) is 0 Å². The molecule has 0 saturated heterocycles. The molecule has 3 nitrogen and oxygen atoms in total. The molecule has 2 aromatic carbocycles. The summed E-state index contributed by atoms with van der Waals surface area (Å²) in [5.41, 5.74) is 1.77. The number of alkyl halides is 2. The van der Waals surface area contributed by atoms with Crippen molar-refractivity contribution in [1.82, 2.24) is 0 Å². The van der Waals surface area contributed by atoms with E-state index in [0.717, 1.165) is 10.0 Å². The van der Waals surface area contributed by atoms with E-state index in [4.69, 9.17) is 0 Å². The van der Waals surface area contributed by atoms with Gasteiger partial charge < -0.3 is 14.8 Å². The van der Waals surface area contributed by atoms with Gasteiger partial charge in [-0.15, -0.1) is 8.78 Å². The molecule has 0 saturated carbocycles. The van der Waals surface area contributed by atoms with E-state index in [1.165, 1.54) is 12.1 Å². The van der Waals surface area contributed by atoms with Crippen molar-refractivity contribution in [2.24, 2.45) is 0 Å². The number of hydrogen-bond acceptors (Lipinski definition) is 3. The van der Waals surface area contributed by atoms with Crippen LogP contribution in [0.2, 0.25) is 0 Å². The first-order valence-corrected chi connectivity index (χ1v) is 6.69. The van der Waals surface area contributed by atoms with Crippen LogP contribution in [-0.4, -0.2) is 6.29 Å². The summed E-state index contributed by atoms with van der Waals surface area (Å²) in [5.74, 6) is 0.0833. The van der Waals surface area contributed by atoms with E-state index in [9.17, 15) is 8.78 Å². The Labute approximate surface area is 122 Å². The Hall–Kier alpha value is -1.82. The fourth-order valence-corrected chi connectivity index (χ4v) is 2.13. The molecule has 0 spiro atoms. The van der Waals surface area contributed by atoms with E-state index in [1.807, 2.05) is 24.3 Å². The van der Waals surface area contributed by atoms with Gasteiger partial charge in [-0.25, -0.2) is 0 Å². The van der Waals surface area contributed by atoms with Gasteiger partial charge in [0.1, 0.15) is 0 Å². The number of nitrogens with one attached hydrogen (secondary N) is 1. The molecule has 0 radical (unpaired) electrons. The summed E-state index contributed by atoms with van der Waals surface area (Å²) in [6.07, 6.45) is -3.58. The van der Waals surface area contributed by atoms with Crippen LogP contribution >= 0.6 is 15.9 Å². The molecule has 6 heteroatoms. The molecule has 3 rings (SSSR count). The topological polar surface area (TPSA) is 30.5 Å². The molecule has 0 atom stereocenters. The van der Waals surface area contributed by atoms with Gasteiger partial charge in [0.2, 0.25) is 0 Å². The molecule has 1 heterocycles. The van der Waals surface area contributed by atoms with Gasteiger partial charge in [-0.3, -0.25) is 0 Å². The molecule has 0 bridgehead atoms. The molecule has 20 heavy (non-hydrogen) atoms. The van der Waals surface area contributed by atoms with Crippen LogP contribution < -0.4 is 14.8 Å².